The first-order valence-electron chi connectivity index (χ1n) is 6.07. The van der Waals surface area contributed by atoms with Crippen LogP contribution in [0.15, 0.2) is 24.3 Å². The Labute approximate surface area is 97.1 Å². The molecule has 0 amide bonds. The van der Waals surface area contributed by atoms with Gasteiger partial charge in [0, 0.05) is 12.5 Å². The van der Waals surface area contributed by atoms with Crippen molar-refractivity contribution in [3.8, 4) is 0 Å². The second-order valence-corrected chi connectivity index (χ2v) is 5.06. The molecule has 1 aliphatic rings. The second-order valence-electron chi connectivity index (χ2n) is 5.06. The van der Waals surface area contributed by atoms with Crippen LogP contribution >= 0.6 is 0 Å². The monoisotopic (exact) mass is 221 g/mol. The van der Waals surface area contributed by atoms with E-state index in [1.165, 1.54) is 6.42 Å². The summed E-state index contributed by atoms with van der Waals surface area (Å²) >= 11 is 0. The highest BCUT2D eigenvalue weighted by Crippen LogP contribution is 2.32. The van der Waals surface area contributed by atoms with Gasteiger partial charge in [0.2, 0.25) is 0 Å². The van der Waals surface area contributed by atoms with Crippen LogP contribution in [0.1, 0.15) is 37.3 Å². The molecule has 1 N–H and O–H groups in total. The molecule has 1 heterocycles. The highest BCUT2D eigenvalue weighted by atomic mass is 19.1. The van der Waals surface area contributed by atoms with Gasteiger partial charge >= 0.3 is 0 Å². The Morgan fingerprint density at radius 3 is 2.94 bits per heavy atom. The first-order valence-corrected chi connectivity index (χ1v) is 6.07. The molecular formula is C14H20FN. The molecule has 2 unspecified atom stereocenters. The fourth-order valence-electron chi connectivity index (χ4n) is 2.48. The number of hydrogen-bond donors (Lipinski definition) is 1. The predicted molar refractivity (Wildman–Crippen MR) is 65.3 cm³/mol. The summed E-state index contributed by atoms with van der Waals surface area (Å²) in [5, 5.41) is 3.36. The lowest BCUT2D eigenvalue weighted by Crippen LogP contribution is -2.30. The van der Waals surface area contributed by atoms with E-state index in [1.807, 2.05) is 31.2 Å². The van der Waals surface area contributed by atoms with E-state index in [4.69, 9.17) is 0 Å². The molecule has 1 aromatic rings. The van der Waals surface area contributed by atoms with E-state index in [9.17, 15) is 4.39 Å². The Balaban J connectivity index is 2.10. The number of benzene rings is 1. The van der Waals surface area contributed by atoms with E-state index in [0.717, 1.165) is 24.1 Å². The molecule has 1 aromatic carbocycles. The Kier molecular flexibility index (Phi) is 3.29. The zero-order chi connectivity index (χ0) is 11.6. The number of hydrogen-bond acceptors (Lipinski definition) is 1. The fraction of sp³-hybridized carbons (Fsp3) is 0.571. The van der Waals surface area contributed by atoms with Crippen molar-refractivity contribution in [1.82, 2.24) is 5.32 Å². The Bertz CT molecular complexity index is 354. The average molecular weight is 221 g/mol. The Morgan fingerprint density at radius 2 is 2.31 bits per heavy atom. The van der Waals surface area contributed by atoms with Crippen LogP contribution in [-0.2, 0) is 5.67 Å². The minimum Gasteiger partial charge on any atom is -0.314 e. The first-order chi connectivity index (χ1) is 7.58. The molecule has 88 valence electrons. The molecule has 0 aliphatic carbocycles. The lowest BCUT2D eigenvalue weighted by atomic mass is 9.89. The van der Waals surface area contributed by atoms with Crippen molar-refractivity contribution in [3.63, 3.8) is 0 Å². The van der Waals surface area contributed by atoms with Crippen LogP contribution < -0.4 is 5.32 Å². The van der Waals surface area contributed by atoms with Crippen LogP contribution in [-0.4, -0.2) is 12.6 Å². The zero-order valence-electron chi connectivity index (χ0n) is 10.1. The summed E-state index contributed by atoms with van der Waals surface area (Å²) < 4.78 is 14.6. The largest absolute Gasteiger partial charge is 0.314 e. The molecule has 2 atom stereocenters. The molecule has 2 rings (SSSR count). The van der Waals surface area contributed by atoms with Gasteiger partial charge in [0.05, 0.1) is 0 Å². The van der Waals surface area contributed by atoms with E-state index in [1.54, 1.807) is 6.92 Å². The summed E-state index contributed by atoms with van der Waals surface area (Å²) in [7, 11) is 0. The van der Waals surface area contributed by atoms with Crippen molar-refractivity contribution >= 4 is 0 Å². The third-order valence-corrected chi connectivity index (χ3v) is 3.41. The van der Waals surface area contributed by atoms with Crippen molar-refractivity contribution in [2.75, 3.05) is 6.54 Å². The van der Waals surface area contributed by atoms with Crippen molar-refractivity contribution in [3.05, 3.63) is 35.4 Å². The predicted octanol–water partition coefficient (Wildman–Crippen LogP) is 3.32. The molecule has 0 aromatic heterocycles. The van der Waals surface area contributed by atoms with Crippen LogP contribution in [0, 0.1) is 6.92 Å². The maximum Gasteiger partial charge on any atom is 0.134 e. The van der Waals surface area contributed by atoms with Crippen molar-refractivity contribution < 1.29 is 4.39 Å². The van der Waals surface area contributed by atoms with Gasteiger partial charge in [-0.2, -0.15) is 0 Å². The highest BCUT2D eigenvalue weighted by Gasteiger charge is 2.30. The quantitative estimate of drug-likeness (QED) is 0.825. The van der Waals surface area contributed by atoms with Crippen molar-refractivity contribution in [1.29, 1.82) is 0 Å². The second kappa shape index (κ2) is 4.54. The molecule has 0 radical (unpaired) electrons. The van der Waals surface area contributed by atoms with Gasteiger partial charge in [-0.3, -0.25) is 0 Å². The van der Waals surface area contributed by atoms with Crippen molar-refractivity contribution in [2.45, 2.75) is 44.8 Å². The summed E-state index contributed by atoms with van der Waals surface area (Å²) in [5.41, 5.74) is 0.718. The van der Waals surface area contributed by atoms with E-state index in [2.05, 4.69) is 5.32 Å². The average Bonchev–Trinajstić information content (AvgIpc) is 2.70. The summed E-state index contributed by atoms with van der Waals surface area (Å²) in [6.07, 6.45) is 2.86. The third-order valence-electron chi connectivity index (χ3n) is 3.41. The number of halogens is 1. The lowest BCUT2D eigenvalue weighted by Gasteiger charge is -2.25. The van der Waals surface area contributed by atoms with Crippen LogP contribution in [0.2, 0.25) is 0 Å². The molecule has 1 fully saturated rings. The maximum atomic E-state index is 14.6. The van der Waals surface area contributed by atoms with Crippen LogP contribution in [0.3, 0.4) is 0 Å². The summed E-state index contributed by atoms with van der Waals surface area (Å²) in [6.45, 7) is 4.74. The van der Waals surface area contributed by atoms with E-state index < -0.39 is 5.67 Å². The molecular weight excluding hydrogens is 201 g/mol. The van der Waals surface area contributed by atoms with Crippen LogP contribution in [0.4, 0.5) is 4.39 Å². The lowest BCUT2D eigenvalue weighted by molar-refractivity contribution is 0.159. The van der Waals surface area contributed by atoms with Gasteiger partial charge in [0.25, 0.3) is 0 Å². The van der Waals surface area contributed by atoms with Gasteiger partial charge in [-0.25, -0.2) is 4.39 Å². The highest BCUT2D eigenvalue weighted by molar-refractivity contribution is 5.27. The molecule has 1 nitrogen and oxygen atoms in total. The van der Waals surface area contributed by atoms with Crippen LogP contribution in [0.5, 0.6) is 0 Å². The molecule has 1 saturated heterocycles. The van der Waals surface area contributed by atoms with Gasteiger partial charge in [-0.05, 0) is 38.8 Å². The summed E-state index contributed by atoms with van der Waals surface area (Å²) in [4.78, 5) is 0. The minimum atomic E-state index is -1.21. The topological polar surface area (TPSA) is 12.0 Å². The standard InChI is InChI=1S/C14H20FN/c1-11-5-3-6-12(9-11)14(2,15)10-13-7-4-8-16-13/h3,5-6,9,13,16H,4,7-8,10H2,1-2H3. The molecule has 2 heteroatoms. The van der Waals surface area contributed by atoms with Crippen LogP contribution in [0.25, 0.3) is 0 Å². The first kappa shape index (κ1) is 11.6. The molecule has 0 bridgehead atoms. The normalized spacial score (nSPS) is 24.3. The Hall–Kier alpha value is -0.890. The van der Waals surface area contributed by atoms with Gasteiger partial charge in [-0.15, -0.1) is 0 Å². The molecule has 0 saturated carbocycles. The number of nitrogens with one attached hydrogen (secondary N) is 1. The molecule has 16 heavy (non-hydrogen) atoms. The van der Waals surface area contributed by atoms with Gasteiger partial charge in [0.1, 0.15) is 5.67 Å². The summed E-state index contributed by atoms with van der Waals surface area (Å²) in [5.74, 6) is 0. The Morgan fingerprint density at radius 1 is 1.50 bits per heavy atom. The SMILES string of the molecule is Cc1cccc(C(C)(F)CC2CCCN2)c1. The van der Waals surface area contributed by atoms with Crippen molar-refractivity contribution in [2.24, 2.45) is 0 Å². The van der Waals surface area contributed by atoms with Gasteiger partial charge in [0.15, 0.2) is 0 Å². The van der Waals surface area contributed by atoms with E-state index >= 15 is 0 Å². The molecule has 1 aliphatic heterocycles. The fourth-order valence-corrected chi connectivity index (χ4v) is 2.48. The number of aryl methyl sites for hydroxylation is 1. The minimum absolute atomic E-state index is 0.343. The summed E-state index contributed by atoms with van der Waals surface area (Å²) in [6, 6.07) is 8.13. The van der Waals surface area contributed by atoms with E-state index in [-0.39, 0.29) is 0 Å². The molecule has 0 spiro atoms. The number of alkyl halides is 1. The smallest absolute Gasteiger partial charge is 0.134 e. The van der Waals surface area contributed by atoms with Gasteiger partial charge < -0.3 is 5.32 Å². The number of rotatable bonds is 3. The zero-order valence-corrected chi connectivity index (χ0v) is 10.1. The third kappa shape index (κ3) is 2.62. The van der Waals surface area contributed by atoms with Gasteiger partial charge in [-0.1, -0.05) is 29.8 Å². The van der Waals surface area contributed by atoms with E-state index in [0.29, 0.717) is 12.5 Å². The maximum absolute atomic E-state index is 14.6.